The Morgan fingerprint density at radius 1 is 1.24 bits per heavy atom. The van der Waals surface area contributed by atoms with E-state index in [1.165, 1.54) is 30.4 Å². The van der Waals surface area contributed by atoms with Crippen molar-refractivity contribution in [2.24, 2.45) is 22.4 Å². The number of benzene rings is 1. The number of aliphatic hydroxyl groups is 1. The van der Waals surface area contributed by atoms with E-state index in [2.05, 4.69) is 18.2 Å². The van der Waals surface area contributed by atoms with Crippen molar-refractivity contribution in [3.8, 4) is 0 Å². The largest absolute Gasteiger partial charge is 0.393 e. The zero-order chi connectivity index (χ0) is 14.6. The average molecular weight is 285 g/mol. The number of aryl methyl sites for hydroxylation is 1. The van der Waals surface area contributed by atoms with Crippen molar-refractivity contribution >= 4 is 5.69 Å². The Kier molecular flexibility index (Phi) is 2.97. The molecular weight excluding hydrogens is 262 g/mol. The van der Waals surface area contributed by atoms with E-state index < -0.39 is 0 Å². The summed E-state index contributed by atoms with van der Waals surface area (Å²) in [5.74, 6) is 2.00. The molecule has 0 amide bonds. The van der Waals surface area contributed by atoms with Crippen LogP contribution in [-0.2, 0) is 6.42 Å². The molecule has 0 bridgehead atoms. The SMILES string of the molecule is C[C@]12CCC3c4ccc(N=O)cc4CCC3C1CC[C@@H]2O. The van der Waals surface area contributed by atoms with Crippen LogP contribution in [0.4, 0.5) is 5.69 Å². The molecule has 0 aromatic heterocycles. The van der Waals surface area contributed by atoms with Gasteiger partial charge in [-0.25, -0.2) is 0 Å². The van der Waals surface area contributed by atoms with E-state index in [-0.39, 0.29) is 11.5 Å². The first-order valence-electron chi connectivity index (χ1n) is 8.28. The van der Waals surface area contributed by atoms with Gasteiger partial charge < -0.3 is 5.11 Å². The lowest BCUT2D eigenvalue weighted by atomic mass is 9.55. The Hall–Kier alpha value is -1.22. The van der Waals surface area contributed by atoms with Crippen molar-refractivity contribution in [1.82, 2.24) is 0 Å². The molecule has 3 aliphatic carbocycles. The van der Waals surface area contributed by atoms with Gasteiger partial charge in [-0.15, -0.1) is 4.91 Å². The first kappa shape index (κ1) is 13.4. The lowest BCUT2D eigenvalue weighted by Gasteiger charge is -2.50. The molecule has 0 saturated heterocycles. The van der Waals surface area contributed by atoms with E-state index in [1.54, 1.807) is 0 Å². The molecule has 1 aromatic rings. The lowest BCUT2D eigenvalue weighted by molar-refractivity contribution is -0.0226. The molecule has 5 atom stereocenters. The number of fused-ring (bicyclic) bond motifs is 5. The minimum absolute atomic E-state index is 0.105. The number of hydrogen-bond donors (Lipinski definition) is 1. The highest BCUT2D eigenvalue weighted by Crippen LogP contribution is 2.60. The van der Waals surface area contributed by atoms with Gasteiger partial charge in [0.05, 0.1) is 6.10 Å². The predicted molar refractivity (Wildman–Crippen MR) is 82.5 cm³/mol. The van der Waals surface area contributed by atoms with Crippen LogP contribution < -0.4 is 0 Å². The normalized spacial score (nSPS) is 41.0. The fourth-order valence-electron chi connectivity index (χ4n) is 5.60. The van der Waals surface area contributed by atoms with Crippen molar-refractivity contribution in [3.05, 3.63) is 34.2 Å². The second kappa shape index (κ2) is 4.64. The van der Waals surface area contributed by atoms with Crippen LogP contribution in [0.15, 0.2) is 23.4 Å². The second-order valence-electron chi connectivity index (χ2n) is 7.53. The lowest BCUT2D eigenvalue weighted by Crippen LogP contribution is -2.43. The van der Waals surface area contributed by atoms with Gasteiger partial charge in [-0.1, -0.05) is 13.0 Å². The highest BCUT2D eigenvalue weighted by Gasteiger charge is 2.54. The number of hydrogen-bond acceptors (Lipinski definition) is 3. The first-order valence-corrected chi connectivity index (χ1v) is 8.28. The predicted octanol–water partition coefficient (Wildman–Crippen LogP) is 4.30. The van der Waals surface area contributed by atoms with Crippen LogP contribution >= 0.6 is 0 Å². The fourth-order valence-corrected chi connectivity index (χ4v) is 5.60. The number of rotatable bonds is 1. The maximum atomic E-state index is 10.7. The summed E-state index contributed by atoms with van der Waals surface area (Å²) < 4.78 is 0. The Morgan fingerprint density at radius 3 is 2.90 bits per heavy atom. The molecule has 112 valence electrons. The van der Waals surface area contributed by atoms with Crippen molar-refractivity contribution in [3.63, 3.8) is 0 Å². The number of nitroso groups, excluding NO2 is 1. The standard InChI is InChI=1S/C18H23NO2/c1-18-9-8-14-13-5-3-12(19-21)10-11(13)2-4-15(14)16(18)6-7-17(18)20/h3,5,10,14-17,20H,2,4,6-9H2,1H3/t14?,15?,16?,17-,18-/m0/s1. The molecule has 3 aliphatic rings. The molecule has 21 heavy (non-hydrogen) atoms. The van der Waals surface area contributed by atoms with E-state index in [0.29, 0.717) is 23.4 Å². The quantitative estimate of drug-likeness (QED) is 0.782. The summed E-state index contributed by atoms with van der Waals surface area (Å²) in [5.41, 5.74) is 3.48. The molecule has 2 fully saturated rings. The summed E-state index contributed by atoms with van der Waals surface area (Å²) in [6.45, 7) is 2.31. The third-order valence-corrected chi connectivity index (χ3v) is 6.77. The smallest absolute Gasteiger partial charge is 0.108 e. The van der Waals surface area contributed by atoms with Crippen LogP contribution in [0.2, 0.25) is 0 Å². The maximum Gasteiger partial charge on any atom is 0.108 e. The molecular formula is C18H23NO2. The summed E-state index contributed by atoms with van der Waals surface area (Å²) in [4.78, 5) is 10.7. The Morgan fingerprint density at radius 2 is 2.10 bits per heavy atom. The maximum absolute atomic E-state index is 10.7. The number of nitrogens with zero attached hydrogens (tertiary/aromatic N) is 1. The van der Waals surface area contributed by atoms with Crippen LogP contribution in [-0.4, -0.2) is 11.2 Å². The molecule has 3 nitrogen and oxygen atoms in total. The van der Waals surface area contributed by atoms with Crippen molar-refractivity contribution in [1.29, 1.82) is 0 Å². The van der Waals surface area contributed by atoms with Gasteiger partial charge in [-0.05, 0) is 90.1 Å². The zero-order valence-electron chi connectivity index (χ0n) is 12.6. The van der Waals surface area contributed by atoms with Crippen LogP contribution in [0.25, 0.3) is 0 Å². The van der Waals surface area contributed by atoms with Gasteiger partial charge in [0.1, 0.15) is 5.69 Å². The van der Waals surface area contributed by atoms with Crippen LogP contribution in [0, 0.1) is 22.2 Å². The Bertz CT molecular complexity index is 585. The fraction of sp³-hybridized carbons (Fsp3) is 0.667. The third-order valence-electron chi connectivity index (χ3n) is 6.77. The van der Waals surface area contributed by atoms with Gasteiger partial charge >= 0.3 is 0 Å². The van der Waals surface area contributed by atoms with E-state index in [9.17, 15) is 10.0 Å². The minimum Gasteiger partial charge on any atom is -0.393 e. The molecule has 0 radical (unpaired) electrons. The molecule has 0 aliphatic heterocycles. The Balaban J connectivity index is 1.70. The van der Waals surface area contributed by atoms with Gasteiger partial charge in [0.25, 0.3) is 0 Å². The second-order valence-corrected chi connectivity index (χ2v) is 7.53. The molecule has 0 spiro atoms. The van der Waals surface area contributed by atoms with Gasteiger partial charge in [-0.3, -0.25) is 0 Å². The third kappa shape index (κ3) is 1.83. The molecule has 4 rings (SSSR count). The zero-order valence-corrected chi connectivity index (χ0v) is 12.6. The molecule has 2 saturated carbocycles. The number of aliphatic hydroxyl groups excluding tert-OH is 1. The highest BCUT2D eigenvalue weighted by molar-refractivity contribution is 5.47. The molecule has 1 N–H and O–H groups in total. The highest BCUT2D eigenvalue weighted by atomic mass is 16.3. The molecule has 1 aromatic carbocycles. The average Bonchev–Trinajstić information content (AvgIpc) is 2.82. The summed E-state index contributed by atoms with van der Waals surface area (Å²) in [6.07, 6.45) is 6.62. The first-order chi connectivity index (χ1) is 10.1. The molecule has 0 heterocycles. The molecule has 3 unspecified atom stereocenters. The summed E-state index contributed by atoms with van der Waals surface area (Å²) >= 11 is 0. The van der Waals surface area contributed by atoms with E-state index in [0.717, 1.165) is 19.3 Å². The van der Waals surface area contributed by atoms with Crippen molar-refractivity contribution < 1.29 is 5.11 Å². The Labute approximate surface area is 125 Å². The minimum atomic E-state index is -0.105. The van der Waals surface area contributed by atoms with Crippen molar-refractivity contribution in [2.75, 3.05) is 0 Å². The summed E-state index contributed by atoms with van der Waals surface area (Å²) in [5, 5.41) is 13.5. The van der Waals surface area contributed by atoms with E-state index in [4.69, 9.17) is 0 Å². The van der Waals surface area contributed by atoms with Crippen LogP contribution in [0.1, 0.15) is 56.1 Å². The van der Waals surface area contributed by atoms with Crippen LogP contribution in [0.5, 0.6) is 0 Å². The van der Waals surface area contributed by atoms with Gasteiger partial charge in [-0.2, -0.15) is 0 Å². The topological polar surface area (TPSA) is 49.7 Å². The van der Waals surface area contributed by atoms with Gasteiger partial charge in [0, 0.05) is 0 Å². The van der Waals surface area contributed by atoms with Crippen molar-refractivity contribution in [2.45, 2.75) is 57.5 Å². The van der Waals surface area contributed by atoms with Gasteiger partial charge in [0.15, 0.2) is 0 Å². The van der Waals surface area contributed by atoms with Gasteiger partial charge in [0.2, 0.25) is 0 Å². The van der Waals surface area contributed by atoms with Crippen LogP contribution in [0.3, 0.4) is 0 Å². The van der Waals surface area contributed by atoms with E-state index >= 15 is 0 Å². The summed E-state index contributed by atoms with van der Waals surface area (Å²) in [7, 11) is 0. The molecule has 3 heteroatoms. The monoisotopic (exact) mass is 285 g/mol. The summed E-state index contributed by atoms with van der Waals surface area (Å²) in [6, 6.07) is 5.98. The van der Waals surface area contributed by atoms with E-state index in [1.807, 2.05) is 12.1 Å².